The lowest BCUT2D eigenvalue weighted by atomic mass is 10.2. The first-order valence-electron chi connectivity index (χ1n) is 6.98. The molecule has 0 saturated carbocycles. The lowest BCUT2D eigenvalue weighted by Crippen LogP contribution is -2.22. The molecular formula is C16H23N3S. The molecule has 0 amide bonds. The van der Waals surface area contributed by atoms with Crippen molar-refractivity contribution in [1.82, 2.24) is 10.3 Å². The second kappa shape index (κ2) is 6.86. The van der Waals surface area contributed by atoms with Crippen LogP contribution in [0.2, 0.25) is 0 Å². The van der Waals surface area contributed by atoms with Crippen molar-refractivity contribution in [3.8, 4) is 0 Å². The average Bonchev–Trinajstić information content (AvgIpc) is 2.89. The van der Waals surface area contributed by atoms with Gasteiger partial charge in [0.1, 0.15) is 5.82 Å². The maximum Gasteiger partial charge on any atom is 0.131 e. The summed E-state index contributed by atoms with van der Waals surface area (Å²) in [6, 6.07) is 6.98. The van der Waals surface area contributed by atoms with Crippen LogP contribution in [0.1, 0.15) is 29.9 Å². The number of pyridine rings is 1. The number of nitrogens with zero attached hydrogens (tertiary/aromatic N) is 2. The standard InChI is InChI=1S/C16H23N3S/c1-12(2)17-9-14-8-13(3)16(18-10-14)19(4)11-15-6-5-7-20-15/h5-8,10,12,17H,9,11H2,1-4H3. The summed E-state index contributed by atoms with van der Waals surface area (Å²) in [5.74, 6) is 1.06. The van der Waals surface area contributed by atoms with Crippen molar-refractivity contribution >= 4 is 17.2 Å². The third kappa shape index (κ3) is 4.05. The van der Waals surface area contributed by atoms with Gasteiger partial charge in [0, 0.05) is 30.7 Å². The molecule has 4 heteroatoms. The Bertz CT molecular complexity index is 535. The van der Waals surface area contributed by atoms with Gasteiger partial charge in [-0.2, -0.15) is 0 Å². The summed E-state index contributed by atoms with van der Waals surface area (Å²) in [5, 5.41) is 5.54. The third-order valence-corrected chi connectivity index (χ3v) is 4.02. The Hall–Kier alpha value is -1.39. The zero-order valence-corrected chi connectivity index (χ0v) is 13.5. The van der Waals surface area contributed by atoms with E-state index in [-0.39, 0.29) is 0 Å². The molecule has 0 aliphatic heterocycles. The van der Waals surface area contributed by atoms with Crippen LogP contribution >= 0.6 is 11.3 Å². The molecule has 2 heterocycles. The molecule has 0 radical (unpaired) electrons. The molecular weight excluding hydrogens is 266 g/mol. The van der Waals surface area contributed by atoms with Gasteiger partial charge in [-0.25, -0.2) is 4.98 Å². The molecule has 108 valence electrons. The topological polar surface area (TPSA) is 28.2 Å². The van der Waals surface area contributed by atoms with Gasteiger partial charge in [0.15, 0.2) is 0 Å². The summed E-state index contributed by atoms with van der Waals surface area (Å²) in [7, 11) is 2.10. The van der Waals surface area contributed by atoms with Crippen molar-refractivity contribution in [2.75, 3.05) is 11.9 Å². The molecule has 0 aliphatic carbocycles. The van der Waals surface area contributed by atoms with Gasteiger partial charge in [-0.05, 0) is 35.6 Å². The summed E-state index contributed by atoms with van der Waals surface area (Å²) in [6.45, 7) is 8.23. The lowest BCUT2D eigenvalue weighted by molar-refractivity contribution is 0.587. The van der Waals surface area contributed by atoms with Crippen LogP contribution in [0.15, 0.2) is 29.8 Å². The quantitative estimate of drug-likeness (QED) is 0.881. The van der Waals surface area contributed by atoms with E-state index in [1.54, 1.807) is 11.3 Å². The van der Waals surface area contributed by atoms with Gasteiger partial charge >= 0.3 is 0 Å². The normalized spacial score (nSPS) is 11.1. The SMILES string of the molecule is Cc1cc(CNC(C)C)cnc1N(C)Cc1cccs1. The van der Waals surface area contributed by atoms with Crippen LogP contribution in [0.3, 0.4) is 0 Å². The summed E-state index contributed by atoms with van der Waals surface area (Å²) in [6.07, 6.45) is 1.97. The minimum absolute atomic E-state index is 0.497. The Labute approximate surface area is 125 Å². The predicted octanol–water partition coefficient (Wildman–Crippen LogP) is 3.59. The number of aryl methyl sites for hydroxylation is 1. The van der Waals surface area contributed by atoms with Gasteiger partial charge in [-0.15, -0.1) is 11.3 Å². The van der Waals surface area contributed by atoms with Gasteiger partial charge in [-0.1, -0.05) is 19.9 Å². The van der Waals surface area contributed by atoms with Crippen LogP contribution in [0, 0.1) is 6.92 Å². The van der Waals surface area contributed by atoms with Gasteiger partial charge in [0.25, 0.3) is 0 Å². The van der Waals surface area contributed by atoms with Gasteiger partial charge in [0.2, 0.25) is 0 Å². The molecule has 2 aromatic heterocycles. The van der Waals surface area contributed by atoms with Crippen LogP contribution in [-0.2, 0) is 13.1 Å². The fourth-order valence-electron chi connectivity index (χ4n) is 2.16. The van der Waals surface area contributed by atoms with E-state index in [1.165, 1.54) is 16.0 Å². The molecule has 2 rings (SSSR count). The molecule has 0 spiro atoms. The van der Waals surface area contributed by atoms with Crippen molar-refractivity contribution in [3.05, 3.63) is 45.8 Å². The fourth-order valence-corrected chi connectivity index (χ4v) is 2.91. The summed E-state index contributed by atoms with van der Waals surface area (Å²) in [5.41, 5.74) is 2.47. The Morgan fingerprint density at radius 3 is 2.80 bits per heavy atom. The van der Waals surface area contributed by atoms with Crippen molar-refractivity contribution in [2.45, 2.75) is 39.9 Å². The lowest BCUT2D eigenvalue weighted by Gasteiger charge is -2.20. The van der Waals surface area contributed by atoms with Crippen molar-refractivity contribution in [2.24, 2.45) is 0 Å². The van der Waals surface area contributed by atoms with E-state index < -0.39 is 0 Å². The third-order valence-electron chi connectivity index (χ3n) is 3.16. The van der Waals surface area contributed by atoms with E-state index in [1.807, 2.05) is 6.20 Å². The first-order valence-corrected chi connectivity index (χ1v) is 7.86. The Kier molecular flexibility index (Phi) is 5.15. The van der Waals surface area contributed by atoms with E-state index >= 15 is 0 Å². The maximum absolute atomic E-state index is 4.63. The fraction of sp³-hybridized carbons (Fsp3) is 0.438. The number of thiophene rings is 1. The molecule has 0 aliphatic rings. The van der Waals surface area contributed by atoms with Crippen LogP contribution in [0.25, 0.3) is 0 Å². The molecule has 0 fully saturated rings. The first kappa shape index (κ1) is 15.0. The Balaban J connectivity index is 2.05. The number of nitrogens with one attached hydrogen (secondary N) is 1. The highest BCUT2D eigenvalue weighted by Crippen LogP contribution is 2.20. The van der Waals surface area contributed by atoms with Crippen molar-refractivity contribution < 1.29 is 0 Å². The van der Waals surface area contributed by atoms with Gasteiger partial charge in [0.05, 0.1) is 6.54 Å². The largest absolute Gasteiger partial charge is 0.354 e. The highest BCUT2D eigenvalue weighted by molar-refractivity contribution is 7.09. The van der Waals surface area contributed by atoms with E-state index in [0.29, 0.717) is 6.04 Å². The number of hydrogen-bond acceptors (Lipinski definition) is 4. The number of aromatic nitrogens is 1. The molecule has 1 N–H and O–H groups in total. The molecule has 20 heavy (non-hydrogen) atoms. The van der Waals surface area contributed by atoms with Crippen molar-refractivity contribution in [1.29, 1.82) is 0 Å². The number of anilines is 1. The van der Waals surface area contributed by atoms with Crippen LogP contribution in [0.5, 0.6) is 0 Å². The summed E-state index contributed by atoms with van der Waals surface area (Å²) in [4.78, 5) is 8.20. The smallest absolute Gasteiger partial charge is 0.131 e. The Morgan fingerprint density at radius 2 is 2.20 bits per heavy atom. The second-order valence-corrected chi connectivity index (χ2v) is 6.49. The monoisotopic (exact) mass is 289 g/mol. The van der Waals surface area contributed by atoms with E-state index in [4.69, 9.17) is 0 Å². The number of rotatable bonds is 6. The summed E-state index contributed by atoms with van der Waals surface area (Å²) >= 11 is 1.79. The molecule has 0 bridgehead atoms. The minimum atomic E-state index is 0.497. The van der Waals surface area contributed by atoms with E-state index in [9.17, 15) is 0 Å². The molecule has 0 saturated heterocycles. The average molecular weight is 289 g/mol. The van der Waals surface area contributed by atoms with Crippen LogP contribution < -0.4 is 10.2 Å². The zero-order chi connectivity index (χ0) is 14.5. The minimum Gasteiger partial charge on any atom is -0.354 e. The number of hydrogen-bond donors (Lipinski definition) is 1. The van der Waals surface area contributed by atoms with Crippen LogP contribution in [0.4, 0.5) is 5.82 Å². The molecule has 0 aromatic carbocycles. The molecule has 0 unspecified atom stereocenters. The second-order valence-electron chi connectivity index (χ2n) is 5.46. The van der Waals surface area contributed by atoms with Gasteiger partial charge < -0.3 is 10.2 Å². The summed E-state index contributed by atoms with van der Waals surface area (Å²) < 4.78 is 0. The maximum atomic E-state index is 4.63. The molecule has 2 aromatic rings. The highest BCUT2D eigenvalue weighted by atomic mass is 32.1. The Morgan fingerprint density at radius 1 is 1.40 bits per heavy atom. The van der Waals surface area contributed by atoms with E-state index in [2.05, 4.69) is 66.6 Å². The first-order chi connectivity index (χ1) is 9.56. The van der Waals surface area contributed by atoms with Crippen LogP contribution in [-0.4, -0.2) is 18.1 Å². The van der Waals surface area contributed by atoms with Gasteiger partial charge in [-0.3, -0.25) is 0 Å². The van der Waals surface area contributed by atoms with Crippen molar-refractivity contribution in [3.63, 3.8) is 0 Å². The predicted molar refractivity (Wildman–Crippen MR) is 87.4 cm³/mol. The highest BCUT2D eigenvalue weighted by Gasteiger charge is 2.08. The van der Waals surface area contributed by atoms with E-state index in [0.717, 1.165) is 18.9 Å². The zero-order valence-electron chi connectivity index (χ0n) is 12.7. The molecule has 0 atom stereocenters. The molecule has 3 nitrogen and oxygen atoms in total.